The molecule has 0 aliphatic carbocycles. The number of carbonyl (C=O) groups is 1. The number of piperazine rings is 1. The number of aryl methyl sites for hydroxylation is 1. The molecule has 2 aromatic rings. The van der Waals surface area contributed by atoms with Crippen molar-refractivity contribution in [3.05, 3.63) is 27.9 Å². The van der Waals surface area contributed by atoms with E-state index in [1.165, 1.54) is 4.90 Å². The number of hydrogen-bond donors (Lipinski definition) is 1. The average molecular weight is 381 g/mol. The second-order valence-electron chi connectivity index (χ2n) is 6.27. The Kier molecular flexibility index (Phi) is 4.38. The van der Waals surface area contributed by atoms with Crippen LogP contribution in [0.15, 0.2) is 16.6 Å². The van der Waals surface area contributed by atoms with Crippen LogP contribution in [0.25, 0.3) is 10.9 Å². The second-order valence-corrected chi connectivity index (χ2v) is 7.13. The Bertz CT molecular complexity index is 761. The number of rotatable bonds is 2. The Morgan fingerprint density at radius 1 is 1.30 bits per heavy atom. The van der Waals surface area contributed by atoms with Gasteiger partial charge in [0, 0.05) is 18.1 Å². The minimum absolute atomic E-state index is 0.130. The predicted octanol–water partition coefficient (Wildman–Crippen LogP) is 1.23. The third-order valence-corrected chi connectivity index (χ3v) is 5.50. The van der Waals surface area contributed by atoms with Gasteiger partial charge in [-0.3, -0.25) is 4.79 Å². The molecule has 1 aliphatic heterocycles. The summed E-state index contributed by atoms with van der Waals surface area (Å²) in [7, 11) is 5.82. The summed E-state index contributed by atoms with van der Waals surface area (Å²) in [4.78, 5) is 16.5. The molecule has 1 amide bonds. The van der Waals surface area contributed by atoms with Crippen LogP contribution in [0.2, 0.25) is 0 Å². The number of methoxy groups -OCH3 is 1. The first-order valence-electron chi connectivity index (χ1n) is 7.87. The molecule has 6 heteroatoms. The Labute approximate surface area is 144 Å². The van der Waals surface area contributed by atoms with Crippen LogP contribution >= 0.6 is 15.9 Å². The number of likely N-dealkylation sites (N-methyl/N-ethyl adjacent to an activating group) is 1. The van der Waals surface area contributed by atoms with Crippen molar-refractivity contribution in [3.63, 3.8) is 0 Å². The molecular formula is C17H23BrN3O2+. The van der Waals surface area contributed by atoms with Crippen LogP contribution in [0.4, 0.5) is 0 Å². The van der Waals surface area contributed by atoms with Gasteiger partial charge in [-0.05, 0) is 35.0 Å². The average Bonchev–Trinajstić information content (AvgIpc) is 2.78. The molecule has 23 heavy (non-hydrogen) atoms. The molecule has 1 aromatic heterocycles. The summed E-state index contributed by atoms with van der Waals surface area (Å²) in [5.74, 6) is 0.880. The molecule has 3 rings (SSSR count). The third kappa shape index (κ3) is 2.74. The molecule has 0 bridgehead atoms. The van der Waals surface area contributed by atoms with Crippen molar-refractivity contribution in [2.75, 3.05) is 40.3 Å². The summed E-state index contributed by atoms with van der Waals surface area (Å²) < 4.78 is 8.39. The van der Waals surface area contributed by atoms with E-state index < -0.39 is 0 Å². The first-order chi connectivity index (χ1) is 10.9. The van der Waals surface area contributed by atoms with E-state index in [0.717, 1.165) is 58.6 Å². The Morgan fingerprint density at radius 2 is 1.96 bits per heavy atom. The van der Waals surface area contributed by atoms with Gasteiger partial charge in [0.2, 0.25) is 0 Å². The molecule has 1 aliphatic rings. The fourth-order valence-electron chi connectivity index (χ4n) is 3.24. The molecule has 1 saturated heterocycles. The summed E-state index contributed by atoms with van der Waals surface area (Å²) >= 11 is 3.53. The van der Waals surface area contributed by atoms with Gasteiger partial charge in [0.1, 0.15) is 5.75 Å². The van der Waals surface area contributed by atoms with E-state index in [9.17, 15) is 4.79 Å². The van der Waals surface area contributed by atoms with E-state index in [4.69, 9.17) is 4.74 Å². The second kappa shape index (κ2) is 6.17. The highest BCUT2D eigenvalue weighted by Gasteiger charge is 2.27. The van der Waals surface area contributed by atoms with Gasteiger partial charge in [-0.25, -0.2) is 0 Å². The number of quaternary nitrogens is 1. The van der Waals surface area contributed by atoms with Crippen LogP contribution in [0.1, 0.15) is 16.1 Å². The van der Waals surface area contributed by atoms with Crippen LogP contribution in [-0.2, 0) is 7.05 Å². The van der Waals surface area contributed by atoms with Gasteiger partial charge >= 0.3 is 0 Å². The molecule has 0 atom stereocenters. The number of benzene rings is 1. The number of amides is 1. The lowest BCUT2D eigenvalue weighted by Crippen LogP contribution is -3.12. The molecular weight excluding hydrogens is 358 g/mol. The molecule has 0 spiro atoms. The zero-order valence-corrected chi connectivity index (χ0v) is 15.7. The van der Waals surface area contributed by atoms with E-state index in [2.05, 4.69) is 27.5 Å². The van der Waals surface area contributed by atoms with Gasteiger partial charge < -0.3 is 19.1 Å². The summed E-state index contributed by atoms with van der Waals surface area (Å²) in [5, 5.41) is 0.960. The molecule has 5 nitrogen and oxygen atoms in total. The van der Waals surface area contributed by atoms with Crippen LogP contribution < -0.4 is 9.64 Å². The Balaban J connectivity index is 2.09. The normalized spacial score (nSPS) is 16.1. The minimum atomic E-state index is 0.130. The molecule has 124 valence electrons. The lowest BCUT2D eigenvalue weighted by molar-refractivity contribution is -0.883. The lowest BCUT2D eigenvalue weighted by atomic mass is 10.1. The summed E-state index contributed by atoms with van der Waals surface area (Å²) in [6.07, 6.45) is 0. The van der Waals surface area contributed by atoms with Crippen LogP contribution in [0.5, 0.6) is 5.75 Å². The first kappa shape index (κ1) is 16.3. The number of nitrogens with zero attached hydrogens (tertiary/aromatic N) is 2. The zero-order chi connectivity index (χ0) is 16.7. The van der Waals surface area contributed by atoms with E-state index in [0.29, 0.717) is 0 Å². The quantitative estimate of drug-likeness (QED) is 0.850. The van der Waals surface area contributed by atoms with E-state index in [1.54, 1.807) is 7.11 Å². The van der Waals surface area contributed by atoms with Crippen molar-refractivity contribution >= 4 is 32.7 Å². The topological polar surface area (TPSA) is 38.9 Å². The maximum absolute atomic E-state index is 13.1. The molecule has 2 heterocycles. The molecule has 1 N–H and O–H groups in total. The smallest absolute Gasteiger partial charge is 0.256 e. The van der Waals surface area contributed by atoms with Crippen LogP contribution in [-0.4, -0.2) is 55.7 Å². The predicted molar refractivity (Wildman–Crippen MR) is 94.4 cm³/mol. The summed E-state index contributed by atoms with van der Waals surface area (Å²) in [6.45, 7) is 5.64. The van der Waals surface area contributed by atoms with Crippen molar-refractivity contribution in [1.29, 1.82) is 0 Å². The van der Waals surface area contributed by atoms with Crippen molar-refractivity contribution in [1.82, 2.24) is 9.47 Å². The van der Waals surface area contributed by atoms with Gasteiger partial charge in [0.05, 0.1) is 55.9 Å². The SMILES string of the molecule is COc1cc2c(C(=O)N3CC[NH+](C)CC3)c(C)n(C)c2cc1Br. The number of aromatic nitrogens is 1. The summed E-state index contributed by atoms with van der Waals surface area (Å²) in [5.41, 5.74) is 2.84. The maximum Gasteiger partial charge on any atom is 0.256 e. The zero-order valence-electron chi connectivity index (χ0n) is 14.1. The van der Waals surface area contributed by atoms with Crippen LogP contribution in [0, 0.1) is 6.92 Å². The minimum Gasteiger partial charge on any atom is -0.496 e. The van der Waals surface area contributed by atoms with Crippen LogP contribution in [0.3, 0.4) is 0 Å². The van der Waals surface area contributed by atoms with Crippen molar-refractivity contribution in [2.24, 2.45) is 7.05 Å². The maximum atomic E-state index is 13.1. The van der Waals surface area contributed by atoms with Crippen molar-refractivity contribution in [3.8, 4) is 5.75 Å². The van der Waals surface area contributed by atoms with Gasteiger partial charge in [0.15, 0.2) is 0 Å². The molecule has 0 saturated carbocycles. The fraction of sp³-hybridized carbons (Fsp3) is 0.471. The highest BCUT2D eigenvalue weighted by Crippen LogP contribution is 2.34. The molecule has 1 aromatic carbocycles. The number of ether oxygens (including phenoxy) is 1. The van der Waals surface area contributed by atoms with E-state index >= 15 is 0 Å². The highest BCUT2D eigenvalue weighted by atomic mass is 79.9. The third-order valence-electron chi connectivity index (χ3n) is 4.88. The van der Waals surface area contributed by atoms with Gasteiger partial charge in [-0.15, -0.1) is 0 Å². The fourth-order valence-corrected chi connectivity index (χ4v) is 3.73. The van der Waals surface area contributed by atoms with Crippen molar-refractivity contribution < 1.29 is 14.4 Å². The van der Waals surface area contributed by atoms with Gasteiger partial charge in [0.25, 0.3) is 5.91 Å². The standard InChI is InChI=1S/C17H22BrN3O2/c1-11-16(17(22)21-7-5-19(2)6-8-21)12-9-15(23-4)13(18)10-14(12)20(11)3/h9-10H,5-8H2,1-4H3/p+1. The Morgan fingerprint density at radius 3 is 2.57 bits per heavy atom. The van der Waals surface area contributed by atoms with E-state index in [-0.39, 0.29) is 5.91 Å². The van der Waals surface area contributed by atoms with Gasteiger partial charge in [-0.2, -0.15) is 0 Å². The number of carbonyl (C=O) groups excluding carboxylic acids is 1. The number of halogens is 1. The number of fused-ring (bicyclic) bond motifs is 1. The number of hydrogen-bond acceptors (Lipinski definition) is 2. The largest absolute Gasteiger partial charge is 0.496 e. The lowest BCUT2D eigenvalue weighted by Gasteiger charge is -2.30. The number of nitrogens with one attached hydrogen (secondary N) is 1. The molecule has 0 radical (unpaired) electrons. The van der Waals surface area contributed by atoms with Crippen molar-refractivity contribution in [2.45, 2.75) is 6.92 Å². The van der Waals surface area contributed by atoms with E-state index in [1.807, 2.05) is 31.0 Å². The Hall–Kier alpha value is -1.53. The molecule has 1 fully saturated rings. The highest BCUT2D eigenvalue weighted by molar-refractivity contribution is 9.10. The summed E-state index contributed by atoms with van der Waals surface area (Å²) in [6, 6.07) is 3.98. The molecule has 0 unspecified atom stereocenters. The monoisotopic (exact) mass is 380 g/mol. The first-order valence-corrected chi connectivity index (χ1v) is 8.66. The van der Waals surface area contributed by atoms with Gasteiger partial charge in [-0.1, -0.05) is 0 Å².